The van der Waals surface area contributed by atoms with E-state index >= 15 is 0 Å². The van der Waals surface area contributed by atoms with Gasteiger partial charge in [0.1, 0.15) is 0 Å². The fourth-order valence-corrected chi connectivity index (χ4v) is 1.23. The summed E-state index contributed by atoms with van der Waals surface area (Å²) in [5.41, 5.74) is 6.29. The van der Waals surface area contributed by atoms with Gasteiger partial charge in [-0.3, -0.25) is 0 Å². The zero-order valence-electron chi connectivity index (χ0n) is 7.27. The van der Waals surface area contributed by atoms with Crippen LogP contribution in [0.2, 0.25) is 5.02 Å². The first kappa shape index (κ1) is 13.2. The Morgan fingerprint density at radius 1 is 1.57 bits per heavy atom. The molecule has 0 aliphatic carbocycles. The quantitative estimate of drug-likeness (QED) is 0.846. The highest BCUT2D eigenvalue weighted by Gasteiger charge is 2.05. The average molecular weight is 235 g/mol. The van der Waals surface area contributed by atoms with Crippen molar-refractivity contribution in [3.05, 3.63) is 34.9 Å². The number of carboxylic acid groups (broad SMARTS) is 1. The van der Waals surface area contributed by atoms with Gasteiger partial charge in [-0.1, -0.05) is 23.7 Å². The Kier molecular flexibility index (Phi) is 5.53. The highest BCUT2D eigenvalue weighted by molar-refractivity contribution is 6.30. The summed E-state index contributed by atoms with van der Waals surface area (Å²) in [6.45, 7) is 0. The maximum atomic E-state index is 10.2. The molecule has 2 N–H and O–H groups in total. The minimum absolute atomic E-state index is 0. The second kappa shape index (κ2) is 5.86. The fraction of sp³-hybridized carbons (Fsp3) is 0.222. The van der Waals surface area contributed by atoms with Crippen molar-refractivity contribution in [2.45, 2.75) is 12.5 Å². The molecule has 5 heteroatoms. The largest absolute Gasteiger partial charge is 0.550 e. The highest BCUT2D eigenvalue weighted by atomic mass is 35.5. The Labute approximate surface area is 93.3 Å². The van der Waals surface area contributed by atoms with Gasteiger partial charge in [0.25, 0.3) is 0 Å². The molecule has 0 fully saturated rings. The van der Waals surface area contributed by atoms with Crippen molar-refractivity contribution in [2.24, 2.45) is 5.73 Å². The molecule has 1 aromatic rings. The number of carbonyl (C=O) groups is 1. The van der Waals surface area contributed by atoms with Crippen molar-refractivity contribution in [2.75, 3.05) is 0 Å². The molecule has 1 unspecified atom stereocenters. The van der Waals surface area contributed by atoms with Gasteiger partial charge in [0.15, 0.2) is 0 Å². The van der Waals surface area contributed by atoms with Gasteiger partial charge in [0.05, 0.1) is 0 Å². The Balaban J connectivity index is 0.00000169. The van der Waals surface area contributed by atoms with Crippen LogP contribution >= 0.6 is 24.0 Å². The van der Waals surface area contributed by atoms with Crippen molar-refractivity contribution < 1.29 is 9.90 Å². The number of carbonyl (C=O) groups excluding carboxylic acids is 1. The number of halogens is 2. The summed E-state index contributed by atoms with van der Waals surface area (Å²) in [5.74, 6) is -1.16. The fourth-order valence-electron chi connectivity index (χ4n) is 1.03. The first-order valence-electron chi connectivity index (χ1n) is 3.80. The number of rotatable bonds is 3. The van der Waals surface area contributed by atoms with Crippen LogP contribution in [0.25, 0.3) is 0 Å². The number of hydrogen-bond acceptors (Lipinski definition) is 3. The maximum Gasteiger partial charge on any atom is 0.0433 e. The van der Waals surface area contributed by atoms with E-state index in [2.05, 4.69) is 0 Å². The van der Waals surface area contributed by atoms with Gasteiger partial charge in [0, 0.05) is 23.5 Å². The van der Waals surface area contributed by atoms with Crippen LogP contribution in [0.5, 0.6) is 0 Å². The lowest BCUT2D eigenvalue weighted by atomic mass is 10.1. The van der Waals surface area contributed by atoms with Gasteiger partial charge in [-0.05, 0) is 17.7 Å². The molecule has 1 atom stereocenters. The van der Waals surface area contributed by atoms with Gasteiger partial charge < -0.3 is 15.6 Å². The van der Waals surface area contributed by atoms with E-state index in [1.54, 1.807) is 24.3 Å². The Hall–Kier alpha value is -0.770. The van der Waals surface area contributed by atoms with Crippen LogP contribution in [0.3, 0.4) is 0 Å². The molecule has 0 radical (unpaired) electrons. The van der Waals surface area contributed by atoms with E-state index in [4.69, 9.17) is 17.3 Å². The molecule has 3 nitrogen and oxygen atoms in total. The monoisotopic (exact) mass is 234 g/mol. The van der Waals surface area contributed by atoms with Crippen LogP contribution in [-0.2, 0) is 4.79 Å². The van der Waals surface area contributed by atoms with E-state index in [-0.39, 0.29) is 18.8 Å². The van der Waals surface area contributed by atoms with E-state index in [1.165, 1.54) is 0 Å². The molecule has 0 aliphatic rings. The van der Waals surface area contributed by atoms with E-state index < -0.39 is 12.0 Å². The first-order chi connectivity index (χ1) is 6.09. The molecule has 0 saturated heterocycles. The third-order valence-electron chi connectivity index (χ3n) is 1.66. The van der Waals surface area contributed by atoms with Crippen LogP contribution in [0.4, 0.5) is 0 Å². The lowest BCUT2D eigenvalue weighted by Gasteiger charge is -2.12. The minimum atomic E-state index is -1.16. The van der Waals surface area contributed by atoms with E-state index in [0.717, 1.165) is 0 Å². The molecule has 0 heterocycles. The topological polar surface area (TPSA) is 66.2 Å². The molecular formula is C9H10Cl2NO2-. The minimum Gasteiger partial charge on any atom is -0.550 e. The lowest BCUT2D eigenvalue weighted by Crippen LogP contribution is -2.27. The zero-order chi connectivity index (χ0) is 9.84. The van der Waals surface area contributed by atoms with Crippen molar-refractivity contribution in [1.82, 2.24) is 0 Å². The first-order valence-corrected chi connectivity index (χ1v) is 4.18. The SMILES string of the molecule is Cl.NC(CC(=O)[O-])c1cccc(Cl)c1. The predicted molar refractivity (Wildman–Crippen MR) is 55.3 cm³/mol. The summed E-state index contributed by atoms with van der Waals surface area (Å²) in [6.07, 6.45) is -0.194. The lowest BCUT2D eigenvalue weighted by molar-refractivity contribution is -0.306. The number of carboxylic acids is 1. The second-order valence-electron chi connectivity index (χ2n) is 2.74. The van der Waals surface area contributed by atoms with Gasteiger partial charge in [0.2, 0.25) is 0 Å². The molecule has 0 bridgehead atoms. The van der Waals surface area contributed by atoms with E-state index in [0.29, 0.717) is 10.6 Å². The summed E-state index contributed by atoms with van der Waals surface area (Å²) in [6, 6.07) is 6.27. The normalized spacial score (nSPS) is 11.6. The molecule has 0 aromatic heterocycles. The number of hydrogen-bond donors (Lipinski definition) is 1. The standard InChI is InChI=1S/C9H10ClNO2.ClH/c10-7-3-1-2-6(4-7)8(11)5-9(12)13;/h1-4,8H,5,11H2,(H,12,13);1H/p-1. The summed E-state index contributed by atoms with van der Waals surface area (Å²) in [4.78, 5) is 10.2. The van der Waals surface area contributed by atoms with Gasteiger partial charge in [-0.15, -0.1) is 12.4 Å². The summed E-state index contributed by atoms with van der Waals surface area (Å²) in [7, 11) is 0. The highest BCUT2D eigenvalue weighted by Crippen LogP contribution is 2.17. The number of benzene rings is 1. The summed E-state index contributed by atoms with van der Waals surface area (Å²) >= 11 is 5.71. The molecule has 1 aromatic carbocycles. The molecule has 0 spiro atoms. The molecule has 14 heavy (non-hydrogen) atoms. The van der Waals surface area contributed by atoms with Crippen LogP contribution in [-0.4, -0.2) is 5.97 Å². The third kappa shape index (κ3) is 3.96. The van der Waals surface area contributed by atoms with Crippen LogP contribution in [0.1, 0.15) is 18.0 Å². The van der Waals surface area contributed by atoms with Gasteiger partial charge in [-0.2, -0.15) is 0 Å². The van der Waals surface area contributed by atoms with Crippen molar-refractivity contribution in [3.63, 3.8) is 0 Å². The second-order valence-corrected chi connectivity index (χ2v) is 3.17. The van der Waals surface area contributed by atoms with Crippen molar-refractivity contribution >= 4 is 30.0 Å². The average Bonchev–Trinajstić information content (AvgIpc) is 2.03. The Morgan fingerprint density at radius 2 is 2.21 bits per heavy atom. The van der Waals surface area contributed by atoms with E-state index in [9.17, 15) is 9.90 Å². The molecular weight excluding hydrogens is 225 g/mol. The Morgan fingerprint density at radius 3 is 2.71 bits per heavy atom. The molecule has 78 valence electrons. The summed E-state index contributed by atoms with van der Waals surface area (Å²) in [5, 5.41) is 10.8. The smallest absolute Gasteiger partial charge is 0.0433 e. The summed E-state index contributed by atoms with van der Waals surface area (Å²) < 4.78 is 0. The van der Waals surface area contributed by atoms with Gasteiger partial charge >= 0.3 is 0 Å². The van der Waals surface area contributed by atoms with Crippen molar-refractivity contribution in [3.8, 4) is 0 Å². The van der Waals surface area contributed by atoms with Gasteiger partial charge in [-0.25, -0.2) is 0 Å². The number of nitrogens with two attached hydrogens (primary N) is 1. The van der Waals surface area contributed by atoms with E-state index in [1.807, 2.05) is 0 Å². The molecule has 1 rings (SSSR count). The zero-order valence-corrected chi connectivity index (χ0v) is 8.85. The molecule has 0 amide bonds. The Bertz CT molecular complexity index is 317. The predicted octanol–water partition coefficient (Wildman–Crippen LogP) is 0.902. The van der Waals surface area contributed by atoms with Crippen molar-refractivity contribution in [1.29, 1.82) is 0 Å². The van der Waals surface area contributed by atoms with Crippen LogP contribution < -0.4 is 10.8 Å². The maximum absolute atomic E-state index is 10.2. The molecule has 0 aliphatic heterocycles. The van der Waals surface area contributed by atoms with Crippen LogP contribution in [0, 0.1) is 0 Å². The molecule has 0 saturated carbocycles. The number of aliphatic carboxylic acids is 1. The third-order valence-corrected chi connectivity index (χ3v) is 1.90. The van der Waals surface area contributed by atoms with Crippen LogP contribution in [0.15, 0.2) is 24.3 Å².